The monoisotopic (exact) mass is 593 g/mol. The van der Waals surface area contributed by atoms with E-state index in [2.05, 4.69) is 0 Å². The average Bonchev–Trinajstić information content (AvgIpc) is 3.63. The van der Waals surface area contributed by atoms with Crippen LogP contribution in [0.1, 0.15) is 40.4 Å². The predicted molar refractivity (Wildman–Crippen MR) is 144 cm³/mol. The van der Waals surface area contributed by atoms with Crippen molar-refractivity contribution in [3.05, 3.63) is 52.6 Å². The number of aliphatic hydroxyl groups is 4. The second-order valence-electron chi connectivity index (χ2n) is 10.3. The Kier molecular flexibility index (Phi) is 7.55. The van der Waals surface area contributed by atoms with Gasteiger partial charge >= 0.3 is 11.9 Å². The summed E-state index contributed by atoms with van der Waals surface area (Å²) in [5.74, 6) is -0.474. The molecular formula is C30H27NO12. The predicted octanol–water partition coefficient (Wildman–Crippen LogP) is 1.56. The number of hydrogen-bond donors (Lipinski definition) is 4. The van der Waals surface area contributed by atoms with E-state index in [-0.39, 0.29) is 24.7 Å². The van der Waals surface area contributed by atoms with E-state index in [0.717, 1.165) is 0 Å². The summed E-state index contributed by atoms with van der Waals surface area (Å²) < 4.78 is 33.6. The molecule has 0 saturated carbocycles. The summed E-state index contributed by atoms with van der Waals surface area (Å²) in [4.78, 5) is 25.3. The topological polar surface area (TPSA) is 194 Å². The standard InChI is InChI=1S/C30H27NO12/c1-13-25(35)28(42-22(34)4-5-31)26(36)30(41-13)43-27-18-7-16(10-33)15(9-32)6-17(18)23(24-19(27)11-38-29(24)37)14-2-3-20-21(8-14)40-12-39-20/h2-3,6-8,13,25-26,28,30,32-33,35-36H,4,9-12H2,1H3/t13-,25-,26-,28+,30?/m1/s1. The van der Waals surface area contributed by atoms with Gasteiger partial charge in [0.1, 0.15) is 24.9 Å². The third-order valence-corrected chi connectivity index (χ3v) is 7.74. The van der Waals surface area contributed by atoms with E-state index in [1.807, 2.05) is 0 Å². The number of hydrogen-bond acceptors (Lipinski definition) is 13. The second kappa shape index (κ2) is 11.3. The molecule has 1 fully saturated rings. The lowest BCUT2D eigenvalue weighted by atomic mass is 9.87. The maximum Gasteiger partial charge on any atom is 0.339 e. The van der Waals surface area contributed by atoms with Crippen LogP contribution in [0.3, 0.4) is 0 Å². The van der Waals surface area contributed by atoms with Crippen LogP contribution < -0.4 is 14.2 Å². The van der Waals surface area contributed by atoms with Crippen LogP contribution in [0.4, 0.5) is 0 Å². The van der Waals surface area contributed by atoms with Crippen LogP contribution >= 0.6 is 0 Å². The minimum atomic E-state index is -1.69. The van der Waals surface area contributed by atoms with Crippen molar-refractivity contribution in [2.24, 2.45) is 0 Å². The zero-order chi connectivity index (χ0) is 30.4. The number of fused-ring (bicyclic) bond motifs is 3. The number of cyclic esters (lactones) is 1. The number of carbonyl (C=O) groups excluding carboxylic acids is 2. The van der Waals surface area contributed by atoms with Crippen LogP contribution in [0.5, 0.6) is 17.2 Å². The highest BCUT2D eigenvalue weighted by molar-refractivity contribution is 6.13. The number of carbonyl (C=O) groups is 2. The van der Waals surface area contributed by atoms with Crippen LogP contribution in [-0.2, 0) is 38.8 Å². The minimum absolute atomic E-state index is 0.0463. The van der Waals surface area contributed by atoms with Crippen molar-refractivity contribution in [1.29, 1.82) is 5.26 Å². The third kappa shape index (κ3) is 4.89. The Morgan fingerprint density at radius 1 is 1.00 bits per heavy atom. The number of esters is 2. The van der Waals surface area contributed by atoms with Gasteiger partial charge in [-0.3, -0.25) is 4.79 Å². The molecule has 3 aromatic rings. The van der Waals surface area contributed by atoms with Gasteiger partial charge < -0.3 is 48.8 Å². The molecule has 5 atom stereocenters. The van der Waals surface area contributed by atoms with Gasteiger partial charge in [-0.25, -0.2) is 4.79 Å². The van der Waals surface area contributed by atoms with Gasteiger partial charge in [0, 0.05) is 16.5 Å². The lowest BCUT2D eigenvalue weighted by Crippen LogP contribution is -2.59. The van der Waals surface area contributed by atoms with Crippen molar-refractivity contribution in [1.82, 2.24) is 0 Å². The van der Waals surface area contributed by atoms with Crippen LogP contribution in [0.15, 0.2) is 30.3 Å². The first-order valence-electron chi connectivity index (χ1n) is 13.4. The van der Waals surface area contributed by atoms with Crippen molar-refractivity contribution >= 4 is 22.7 Å². The van der Waals surface area contributed by atoms with Gasteiger partial charge in [0.25, 0.3) is 0 Å². The number of nitriles is 1. The maximum absolute atomic E-state index is 13.2. The molecule has 224 valence electrons. The molecule has 3 aliphatic rings. The zero-order valence-electron chi connectivity index (χ0n) is 22.8. The van der Waals surface area contributed by atoms with Crippen LogP contribution in [-0.4, -0.2) is 69.9 Å². The molecule has 0 aliphatic carbocycles. The Labute approximate surface area is 244 Å². The lowest BCUT2D eigenvalue weighted by molar-refractivity contribution is -0.272. The van der Waals surface area contributed by atoms with Gasteiger partial charge in [-0.2, -0.15) is 5.26 Å². The molecule has 0 bridgehead atoms. The summed E-state index contributed by atoms with van der Waals surface area (Å²) in [5.41, 5.74) is 2.36. The van der Waals surface area contributed by atoms with Crippen molar-refractivity contribution in [2.75, 3.05) is 6.79 Å². The minimum Gasteiger partial charge on any atom is -0.461 e. The molecule has 1 unspecified atom stereocenters. The molecule has 0 aromatic heterocycles. The molecule has 4 N–H and O–H groups in total. The van der Waals surface area contributed by atoms with Crippen molar-refractivity contribution in [2.45, 2.75) is 63.9 Å². The van der Waals surface area contributed by atoms with E-state index in [9.17, 15) is 30.0 Å². The van der Waals surface area contributed by atoms with Gasteiger partial charge in [0.2, 0.25) is 13.1 Å². The van der Waals surface area contributed by atoms with Crippen LogP contribution in [0, 0.1) is 11.3 Å². The molecule has 3 aromatic carbocycles. The summed E-state index contributed by atoms with van der Waals surface area (Å²) >= 11 is 0. The number of ether oxygens (including phenoxy) is 6. The molecule has 0 spiro atoms. The van der Waals surface area contributed by atoms with Gasteiger partial charge in [0.05, 0.1) is 31.0 Å². The fourth-order valence-corrected chi connectivity index (χ4v) is 5.61. The molecule has 1 saturated heterocycles. The van der Waals surface area contributed by atoms with E-state index >= 15 is 0 Å². The van der Waals surface area contributed by atoms with Crippen molar-refractivity contribution < 1.29 is 58.4 Å². The molecule has 3 heterocycles. The highest BCUT2D eigenvalue weighted by Gasteiger charge is 2.47. The molecule has 3 aliphatic heterocycles. The molecule has 0 amide bonds. The fourth-order valence-electron chi connectivity index (χ4n) is 5.61. The van der Waals surface area contributed by atoms with Crippen molar-refractivity contribution in [3.8, 4) is 34.4 Å². The first-order chi connectivity index (χ1) is 20.7. The maximum atomic E-state index is 13.2. The van der Waals surface area contributed by atoms with Crippen LogP contribution in [0.2, 0.25) is 0 Å². The molecule has 13 heteroatoms. The van der Waals surface area contributed by atoms with Crippen LogP contribution in [0.25, 0.3) is 21.9 Å². The average molecular weight is 594 g/mol. The highest BCUT2D eigenvalue weighted by Crippen LogP contribution is 2.48. The molecule has 13 nitrogen and oxygen atoms in total. The third-order valence-electron chi connectivity index (χ3n) is 7.74. The largest absolute Gasteiger partial charge is 0.461 e. The first-order valence-corrected chi connectivity index (χ1v) is 13.4. The Hall–Kier alpha value is -4.45. The molecule has 0 radical (unpaired) electrons. The number of nitrogens with zero attached hydrogens (tertiary/aromatic N) is 1. The summed E-state index contributed by atoms with van der Waals surface area (Å²) in [6, 6.07) is 10.1. The Morgan fingerprint density at radius 3 is 2.44 bits per heavy atom. The molecular weight excluding hydrogens is 566 g/mol. The van der Waals surface area contributed by atoms with Gasteiger partial charge in [-0.15, -0.1) is 0 Å². The molecule has 6 rings (SSSR count). The van der Waals surface area contributed by atoms with E-state index in [1.54, 1.807) is 36.4 Å². The van der Waals surface area contributed by atoms with Gasteiger partial charge in [-0.1, -0.05) is 6.07 Å². The first kappa shape index (κ1) is 28.7. The summed E-state index contributed by atoms with van der Waals surface area (Å²) in [6.07, 6.45) is -7.65. The number of aliphatic hydroxyl groups excluding tert-OH is 4. The fraction of sp³-hybridized carbons (Fsp3) is 0.367. The quantitative estimate of drug-likeness (QED) is 0.289. The summed E-state index contributed by atoms with van der Waals surface area (Å²) in [6.45, 7) is 0.534. The summed E-state index contributed by atoms with van der Waals surface area (Å²) in [7, 11) is 0. The number of benzene rings is 3. The normalized spacial score (nSPS) is 23.9. The van der Waals surface area contributed by atoms with Gasteiger partial charge in [-0.05, 0) is 53.3 Å². The van der Waals surface area contributed by atoms with E-state index in [0.29, 0.717) is 50.1 Å². The lowest BCUT2D eigenvalue weighted by Gasteiger charge is -2.40. The van der Waals surface area contributed by atoms with Gasteiger partial charge in [0.15, 0.2) is 23.7 Å². The SMILES string of the molecule is C[C@H]1OC(Oc2c3c(c(-c4ccc5c(c4)OCO5)c4cc(CO)c(CO)cc24)C(=O)OC3)[C@H](O)[C@@H](OC(=O)CC#N)[C@@H]1O. The Morgan fingerprint density at radius 2 is 1.72 bits per heavy atom. The molecule has 43 heavy (non-hydrogen) atoms. The Balaban J connectivity index is 1.53. The van der Waals surface area contributed by atoms with Crippen molar-refractivity contribution in [3.63, 3.8) is 0 Å². The second-order valence-corrected chi connectivity index (χ2v) is 10.3. The zero-order valence-corrected chi connectivity index (χ0v) is 22.8. The number of rotatable bonds is 7. The summed E-state index contributed by atoms with van der Waals surface area (Å²) in [5, 5.41) is 51.6. The highest BCUT2D eigenvalue weighted by atomic mass is 16.7. The van der Waals surface area contributed by atoms with E-state index < -0.39 is 62.3 Å². The smallest absolute Gasteiger partial charge is 0.339 e. The Bertz CT molecular complexity index is 1660. The van der Waals surface area contributed by atoms with E-state index in [1.165, 1.54) is 6.92 Å². The van der Waals surface area contributed by atoms with E-state index in [4.69, 9.17) is 33.7 Å².